The van der Waals surface area contributed by atoms with Gasteiger partial charge in [-0.05, 0) is 24.3 Å². The van der Waals surface area contributed by atoms with Crippen LogP contribution in [0.5, 0.6) is 10.9 Å². The fourth-order valence-corrected chi connectivity index (χ4v) is 2.65. The first-order chi connectivity index (χ1) is 10.2. The number of aldehydes is 1. The van der Waals surface area contributed by atoms with Crippen LogP contribution < -0.4 is 4.74 Å². The fraction of sp³-hybridized carbons (Fsp3) is 0. The predicted molar refractivity (Wildman–Crippen MR) is 78.2 cm³/mol. The number of carbonyl (C=O) groups is 1. The number of hydrogen-bond donors (Lipinski definition) is 0. The number of benzene rings is 2. The summed E-state index contributed by atoms with van der Waals surface area (Å²) in [4.78, 5) is 25.5. The quantitative estimate of drug-likeness (QED) is 0.415. The number of fused-ring (bicyclic) bond motifs is 1. The van der Waals surface area contributed by atoms with E-state index in [2.05, 4.69) is 4.98 Å². The van der Waals surface area contributed by atoms with Crippen LogP contribution in [0.4, 0.5) is 5.69 Å². The fourth-order valence-electron chi connectivity index (χ4n) is 1.83. The number of rotatable bonds is 4. The van der Waals surface area contributed by atoms with Gasteiger partial charge in [-0.1, -0.05) is 23.5 Å². The molecule has 0 radical (unpaired) electrons. The van der Waals surface area contributed by atoms with E-state index in [9.17, 15) is 14.9 Å². The van der Waals surface area contributed by atoms with Crippen LogP contribution in [-0.2, 0) is 0 Å². The number of aromatic nitrogens is 1. The second kappa shape index (κ2) is 5.29. The third-order valence-corrected chi connectivity index (χ3v) is 3.70. The van der Waals surface area contributed by atoms with Gasteiger partial charge in [-0.2, -0.15) is 0 Å². The van der Waals surface area contributed by atoms with Gasteiger partial charge in [-0.3, -0.25) is 14.9 Å². The third kappa shape index (κ3) is 2.59. The number of nitro benzene ring substituents is 1. The molecule has 0 amide bonds. The average Bonchev–Trinajstić information content (AvgIpc) is 2.89. The Morgan fingerprint density at radius 3 is 2.76 bits per heavy atom. The Hall–Kier alpha value is -2.80. The molecule has 3 aromatic rings. The molecule has 0 aliphatic rings. The minimum atomic E-state index is -0.558. The van der Waals surface area contributed by atoms with E-state index in [1.807, 2.05) is 24.3 Å². The summed E-state index contributed by atoms with van der Waals surface area (Å²) in [6.45, 7) is 0. The maximum absolute atomic E-state index is 11.0. The lowest BCUT2D eigenvalue weighted by molar-refractivity contribution is -0.385. The number of para-hydroxylation sites is 1. The van der Waals surface area contributed by atoms with E-state index in [1.54, 1.807) is 0 Å². The minimum absolute atomic E-state index is 0.00339. The monoisotopic (exact) mass is 300 g/mol. The molecule has 0 N–H and O–H groups in total. The van der Waals surface area contributed by atoms with Gasteiger partial charge in [0, 0.05) is 11.6 Å². The van der Waals surface area contributed by atoms with E-state index >= 15 is 0 Å². The first-order valence-corrected chi connectivity index (χ1v) is 6.76. The zero-order chi connectivity index (χ0) is 14.8. The summed E-state index contributed by atoms with van der Waals surface area (Å²) in [7, 11) is 0. The van der Waals surface area contributed by atoms with Gasteiger partial charge in [-0.15, -0.1) is 0 Å². The highest BCUT2D eigenvalue weighted by molar-refractivity contribution is 7.20. The summed E-state index contributed by atoms with van der Waals surface area (Å²) < 4.78 is 6.42. The molecule has 21 heavy (non-hydrogen) atoms. The Labute approximate surface area is 122 Å². The van der Waals surface area contributed by atoms with Crippen molar-refractivity contribution in [1.29, 1.82) is 0 Å². The van der Waals surface area contributed by atoms with Crippen molar-refractivity contribution in [2.45, 2.75) is 0 Å². The molecule has 0 saturated carbocycles. The number of carbonyl (C=O) groups excluding carboxylic acids is 1. The summed E-state index contributed by atoms with van der Waals surface area (Å²) in [5.41, 5.74) is 0.850. The Balaban J connectivity index is 2.03. The van der Waals surface area contributed by atoms with Gasteiger partial charge < -0.3 is 4.74 Å². The van der Waals surface area contributed by atoms with E-state index in [0.717, 1.165) is 10.2 Å². The standard InChI is InChI=1S/C14H8N2O4S/c17-8-9-5-6-11(16(18)19)12(7-9)20-14-15-10-3-1-2-4-13(10)21-14/h1-8H. The minimum Gasteiger partial charge on any atom is -0.423 e. The number of nitrogens with zero attached hydrogens (tertiary/aromatic N) is 2. The van der Waals surface area contributed by atoms with Crippen molar-refractivity contribution in [3.63, 3.8) is 0 Å². The second-order valence-electron chi connectivity index (χ2n) is 4.15. The first kappa shape index (κ1) is 13.2. The highest BCUT2D eigenvalue weighted by Gasteiger charge is 2.18. The summed E-state index contributed by atoms with van der Waals surface area (Å²) >= 11 is 1.28. The maximum Gasteiger partial charge on any atom is 0.311 e. The van der Waals surface area contributed by atoms with Crippen molar-refractivity contribution in [3.05, 3.63) is 58.1 Å². The van der Waals surface area contributed by atoms with Gasteiger partial charge in [0.2, 0.25) is 5.75 Å². The summed E-state index contributed by atoms with van der Waals surface area (Å²) in [6, 6.07) is 11.4. The molecular formula is C14H8N2O4S. The third-order valence-electron chi connectivity index (χ3n) is 2.79. The normalized spacial score (nSPS) is 10.5. The molecule has 3 rings (SSSR count). The molecule has 0 saturated heterocycles. The van der Waals surface area contributed by atoms with Crippen LogP contribution in [0.2, 0.25) is 0 Å². The van der Waals surface area contributed by atoms with Gasteiger partial charge >= 0.3 is 5.69 Å². The van der Waals surface area contributed by atoms with E-state index in [4.69, 9.17) is 4.74 Å². The number of hydrogen-bond acceptors (Lipinski definition) is 6. The lowest BCUT2D eigenvalue weighted by atomic mass is 10.2. The Morgan fingerprint density at radius 1 is 1.24 bits per heavy atom. The number of ether oxygens (including phenoxy) is 1. The molecule has 0 aliphatic carbocycles. The van der Waals surface area contributed by atoms with Crippen LogP contribution >= 0.6 is 11.3 Å². The van der Waals surface area contributed by atoms with Crippen LogP contribution in [0, 0.1) is 10.1 Å². The summed E-state index contributed by atoms with van der Waals surface area (Å²) in [5.74, 6) is 0.00339. The largest absolute Gasteiger partial charge is 0.423 e. The first-order valence-electron chi connectivity index (χ1n) is 5.94. The molecule has 0 fully saturated rings. The SMILES string of the molecule is O=Cc1ccc([N+](=O)[O-])c(Oc2nc3ccccc3s2)c1. The molecule has 6 nitrogen and oxygen atoms in total. The Morgan fingerprint density at radius 2 is 2.05 bits per heavy atom. The molecule has 1 heterocycles. The highest BCUT2D eigenvalue weighted by atomic mass is 32.1. The summed E-state index contributed by atoms with van der Waals surface area (Å²) in [5, 5.41) is 11.3. The van der Waals surface area contributed by atoms with Crippen LogP contribution in [-0.4, -0.2) is 16.2 Å². The van der Waals surface area contributed by atoms with Crippen LogP contribution in [0.3, 0.4) is 0 Å². The molecule has 104 valence electrons. The number of nitro groups is 1. The van der Waals surface area contributed by atoms with Gasteiger partial charge in [0.1, 0.15) is 6.29 Å². The van der Waals surface area contributed by atoms with Crippen LogP contribution in [0.25, 0.3) is 10.2 Å². The van der Waals surface area contributed by atoms with Crippen molar-refractivity contribution in [2.75, 3.05) is 0 Å². The molecule has 1 aromatic heterocycles. The highest BCUT2D eigenvalue weighted by Crippen LogP contribution is 2.35. The van der Waals surface area contributed by atoms with E-state index in [0.29, 0.717) is 17.0 Å². The number of thiazole rings is 1. The molecular weight excluding hydrogens is 292 g/mol. The molecule has 0 aliphatic heterocycles. The summed E-state index contributed by atoms with van der Waals surface area (Å²) in [6.07, 6.45) is 0.606. The molecule has 7 heteroatoms. The molecule has 2 aromatic carbocycles. The smallest absolute Gasteiger partial charge is 0.311 e. The van der Waals surface area contributed by atoms with E-state index in [1.165, 1.54) is 29.5 Å². The van der Waals surface area contributed by atoms with Gasteiger partial charge in [-0.25, -0.2) is 4.98 Å². The van der Waals surface area contributed by atoms with Crippen molar-refractivity contribution in [1.82, 2.24) is 4.98 Å². The van der Waals surface area contributed by atoms with Crippen LogP contribution in [0.1, 0.15) is 10.4 Å². The molecule has 0 unspecified atom stereocenters. The zero-order valence-electron chi connectivity index (χ0n) is 10.6. The Kier molecular flexibility index (Phi) is 3.33. The molecule has 0 bridgehead atoms. The van der Waals surface area contributed by atoms with Gasteiger partial charge in [0.05, 0.1) is 15.1 Å². The van der Waals surface area contributed by atoms with E-state index < -0.39 is 4.92 Å². The maximum atomic E-state index is 11.0. The lowest BCUT2D eigenvalue weighted by Crippen LogP contribution is -1.94. The van der Waals surface area contributed by atoms with Crippen molar-refractivity contribution >= 4 is 33.5 Å². The molecule has 0 atom stereocenters. The molecule has 0 spiro atoms. The van der Waals surface area contributed by atoms with Crippen molar-refractivity contribution < 1.29 is 14.5 Å². The topological polar surface area (TPSA) is 82.3 Å². The predicted octanol–water partition coefficient (Wildman–Crippen LogP) is 3.81. The average molecular weight is 300 g/mol. The van der Waals surface area contributed by atoms with Crippen LogP contribution in [0.15, 0.2) is 42.5 Å². The Bertz CT molecular complexity index is 811. The van der Waals surface area contributed by atoms with Gasteiger partial charge in [0.25, 0.3) is 5.19 Å². The second-order valence-corrected chi connectivity index (χ2v) is 5.14. The van der Waals surface area contributed by atoms with E-state index in [-0.39, 0.29) is 11.4 Å². The van der Waals surface area contributed by atoms with Crippen molar-refractivity contribution in [2.24, 2.45) is 0 Å². The zero-order valence-corrected chi connectivity index (χ0v) is 11.4. The van der Waals surface area contributed by atoms with Gasteiger partial charge in [0.15, 0.2) is 0 Å². The van der Waals surface area contributed by atoms with Crippen molar-refractivity contribution in [3.8, 4) is 10.9 Å². The lowest BCUT2D eigenvalue weighted by Gasteiger charge is -2.03.